The molecule has 2 atom stereocenters. The smallest absolute Gasteiger partial charge is 0.424 e. The van der Waals surface area contributed by atoms with Gasteiger partial charge in [-0.15, -0.1) is 0 Å². The first-order chi connectivity index (χ1) is 11.3. The molecule has 1 saturated carbocycles. The minimum absolute atomic E-state index is 0.0484. The molecule has 6 nitrogen and oxygen atoms in total. The van der Waals surface area contributed by atoms with Crippen molar-refractivity contribution in [3.63, 3.8) is 0 Å². The number of ketones is 2. The van der Waals surface area contributed by atoms with Crippen LogP contribution in [0.1, 0.15) is 68.2 Å². The summed E-state index contributed by atoms with van der Waals surface area (Å²) >= 11 is 0. The number of nitrogens with one attached hydrogen (secondary N) is 1. The lowest BCUT2D eigenvalue weighted by Crippen LogP contribution is -2.58. The number of carbonyl (C=O) groups is 3. The zero-order valence-electron chi connectivity index (χ0n) is 16.9. The van der Waals surface area contributed by atoms with Crippen LogP contribution in [-0.2, 0) is 14.3 Å². The molecule has 1 rings (SSSR count). The molecule has 0 radical (unpaired) electrons. The molecule has 0 aromatic heterocycles. The van der Waals surface area contributed by atoms with Crippen LogP contribution >= 0.6 is 0 Å². The van der Waals surface area contributed by atoms with Crippen LogP contribution in [0.5, 0.6) is 0 Å². The predicted octanol–water partition coefficient (Wildman–Crippen LogP) is 3.35. The molecule has 0 aliphatic heterocycles. The standard InChI is InChI=1S/C19H34N2O4/c1-9-21(17(24)25-18(4,5)6)20-13-10-19(7,8)11-14(22)15(13)16(23)12(2)3/h12-13,15,20H,9-11H2,1-8H3. The van der Waals surface area contributed by atoms with E-state index in [0.717, 1.165) is 0 Å². The Bertz CT molecular complexity index is 520. The van der Waals surface area contributed by atoms with Crippen molar-refractivity contribution in [2.75, 3.05) is 6.54 Å². The summed E-state index contributed by atoms with van der Waals surface area (Å²) in [7, 11) is 0. The molecule has 0 aromatic carbocycles. The molecule has 6 heteroatoms. The van der Waals surface area contributed by atoms with Gasteiger partial charge in [0.05, 0.1) is 5.92 Å². The Morgan fingerprint density at radius 3 is 2.32 bits per heavy atom. The van der Waals surface area contributed by atoms with Gasteiger partial charge in [0, 0.05) is 24.9 Å². The predicted molar refractivity (Wildman–Crippen MR) is 96.9 cm³/mol. The average Bonchev–Trinajstić information content (AvgIpc) is 2.40. The number of ether oxygens (including phenoxy) is 1. The summed E-state index contributed by atoms with van der Waals surface area (Å²) in [4.78, 5) is 37.6. The maximum absolute atomic E-state index is 12.6. The van der Waals surface area contributed by atoms with Gasteiger partial charge in [-0.05, 0) is 39.5 Å². The van der Waals surface area contributed by atoms with Gasteiger partial charge < -0.3 is 4.74 Å². The Labute approximate surface area is 151 Å². The molecule has 0 heterocycles. The van der Waals surface area contributed by atoms with Gasteiger partial charge in [0.25, 0.3) is 0 Å². The number of carbonyl (C=O) groups excluding carboxylic acids is 3. The van der Waals surface area contributed by atoms with Crippen molar-refractivity contribution in [1.82, 2.24) is 10.4 Å². The van der Waals surface area contributed by atoms with E-state index in [1.807, 2.05) is 20.8 Å². The molecule has 0 spiro atoms. The van der Waals surface area contributed by atoms with Gasteiger partial charge in [-0.1, -0.05) is 27.7 Å². The van der Waals surface area contributed by atoms with Gasteiger partial charge in [-0.2, -0.15) is 0 Å². The highest BCUT2D eigenvalue weighted by atomic mass is 16.6. The van der Waals surface area contributed by atoms with Crippen molar-refractivity contribution in [3.05, 3.63) is 0 Å². The van der Waals surface area contributed by atoms with Crippen molar-refractivity contribution in [1.29, 1.82) is 0 Å². The fourth-order valence-corrected chi connectivity index (χ4v) is 3.22. The normalized spacial score (nSPS) is 23.5. The zero-order chi connectivity index (χ0) is 19.6. The number of hydrogen-bond acceptors (Lipinski definition) is 5. The molecule has 0 saturated heterocycles. The van der Waals surface area contributed by atoms with Crippen molar-refractivity contribution < 1.29 is 19.1 Å². The summed E-state index contributed by atoms with van der Waals surface area (Å²) in [6.45, 7) is 15.2. The second kappa shape index (κ2) is 7.85. The maximum Gasteiger partial charge on any atom is 0.424 e. The van der Waals surface area contributed by atoms with Crippen molar-refractivity contribution in [2.45, 2.75) is 79.9 Å². The second-order valence-corrected chi connectivity index (χ2v) is 9.01. The van der Waals surface area contributed by atoms with E-state index in [4.69, 9.17) is 4.74 Å². The highest BCUT2D eigenvalue weighted by molar-refractivity contribution is 6.04. The summed E-state index contributed by atoms with van der Waals surface area (Å²) in [6.07, 6.45) is 0.523. The summed E-state index contributed by atoms with van der Waals surface area (Å²) in [5, 5.41) is 1.37. The summed E-state index contributed by atoms with van der Waals surface area (Å²) in [5.41, 5.74) is 2.29. The topological polar surface area (TPSA) is 75.7 Å². The summed E-state index contributed by atoms with van der Waals surface area (Å²) < 4.78 is 5.41. The number of amides is 1. The zero-order valence-corrected chi connectivity index (χ0v) is 16.9. The molecule has 1 fully saturated rings. The monoisotopic (exact) mass is 354 g/mol. The number of rotatable bonds is 5. The number of hydrogen-bond donors (Lipinski definition) is 1. The Hall–Kier alpha value is -1.43. The third kappa shape index (κ3) is 6.10. The minimum atomic E-state index is -0.718. The average molecular weight is 354 g/mol. The van der Waals surface area contributed by atoms with E-state index in [9.17, 15) is 14.4 Å². The van der Waals surface area contributed by atoms with Gasteiger partial charge in [-0.3, -0.25) is 9.59 Å². The largest absolute Gasteiger partial charge is 0.443 e. The number of Topliss-reactive ketones (excluding diaryl/α,β-unsaturated/α-hetero) is 2. The Kier molecular flexibility index (Phi) is 6.79. The van der Waals surface area contributed by atoms with E-state index in [1.165, 1.54) is 5.01 Å². The molecule has 25 heavy (non-hydrogen) atoms. The van der Waals surface area contributed by atoms with Crippen LogP contribution in [0.4, 0.5) is 4.79 Å². The van der Waals surface area contributed by atoms with Crippen molar-refractivity contribution >= 4 is 17.7 Å². The van der Waals surface area contributed by atoms with E-state index in [2.05, 4.69) is 5.43 Å². The van der Waals surface area contributed by atoms with Crippen LogP contribution < -0.4 is 5.43 Å². The van der Waals surface area contributed by atoms with E-state index >= 15 is 0 Å². The lowest BCUT2D eigenvalue weighted by atomic mass is 9.67. The molecule has 1 N–H and O–H groups in total. The van der Waals surface area contributed by atoms with Gasteiger partial charge in [0.2, 0.25) is 0 Å². The lowest BCUT2D eigenvalue weighted by molar-refractivity contribution is -0.141. The minimum Gasteiger partial charge on any atom is -0.443 e. The fourth-order valence-electron chi connectivity index (χ4n) is 3.22. The first-order valence-corrected chi connectivity index (χ1v) is 9.10. The van der Waals surface area contributed by atoms with Crippen LogP contribution in [0.15, 0.2) is 0 Å². The second-order valence-electron chi connectivity index (χ2n) is 9.01. The number of hydrazine groups is 1. The third-order valence-electron chi connectivity index (χ3n) is 4.30. The highest BCUT2D eigenvalue weighted by Gasteiger charge is 2.45. The van der Waals surface area contributed by atoms with E-state index < -0.39 is 23.7 Å². The van der Waals surface area contributed by atoms with Crippen LogP contribution in [-0.4, -0.2) is 40.9 Å². The van der Waals surface area contributed by atoms with E-state index in [0.29, 0.717) is 19.4 Å². The Balaban J connectivity index is 3.03. The van der Waals surface area contributed by atoms with Gasteiger partial charge in [0.15, 0.2) is 0 Å². The van der Waals surface area contributed by atoms with Crippen molar-refractivity contribution in [2.24, 2.45) is 17.3 Å². The molecule has 1 aliphatic rings. The van der Waals surface area contributed by atoms with E-state index in [-0.39, 0.29) is 22.9 Å². The lowest BCUT2D eigenvalue weighted by Gasteiger charge is -2.42. The molecular formula is C19H34N2O4. The maximum atomic E-state index is 12.6. The molecule has 0 aromatic rings. The SMILES string of the molecule is CCN(NC1CC(C)(C)CC(=O)C1C(=O)C(C)C)C(=O)OC(C)(C)C. The highest BCUT2D eigenvalue weighted by Crippen LogP contribution is 2.37. The molecule has 0 bridgehead atoms. The molecule has 144 valence electrons. The van der Waals surface area contributed by atoms with Gasteiger partial charge in [0.1, 0.15) is 17.2 Å². The van der Waals surface area contributed by atoms with Crippen LogP contribution in [0.25, 0.3) is 0 Å². The van der Waals surface area contributed by atoms with Crippen molar-refractivity contribution in [3.8, 4) is 0 Å². The third-order valence-corrected chi connectivity index (χ3v) is 4.30. The number of nitrogens with zero attached hydrogens (tertiary/aromatic N) is 1. The summed E-state index contributed by atoms with van der Waals surface area (Å²) in [5.74, 6) is -1.06. The summed E-state index contributed by atoms with van der Waals surface area (Å²) in [6, 6.07) is -0.404. The van der Waals surface area contributed by atoms with Gasteiger partial charge in [-0.25, -0.2) is 15.2 Å². The van der Waals surface area contributed by atoms with Gasteiger partial charge >= 0.3 is 6.09 Å². The van der Waals surface area contributed by atoms with Crippen LogP contribution in [0.2, 0.25) is 0 Å². The Morgan fingerprint density at radius 1 is 1.32 bits per heavy atom. The molecule has 2 unspecified atom stereocenters. The van der Waals surface area contributed by atoms with Crippen LogP contribution in [0, 0.1) is 17.3 Å². The van der Waals surface area contributed by atoms with Crippen LogP contribution in [0.3, 0.4) is 0 Å². The fraction of sp³-hybridized carbons (Fsp3) is 0.842. The molecular weight excluding hydrogens is 320 g/mol. The first kappa shape index (κ1) is 21.6. The molecule has 1 aliphatic carbocycles. The van der Waals surface area contributed by atoms with E-state index in [1.54, 1.807) is 34.6 Å². The molecule has 1 amide bonds. The Morgan fingerprint density at radius 2 is 1.88 bits per heavy atom. The quantitative estimate of drug-likeness (QED) is 0.605. The first-order valence-electron chi connectivity index (χ1n) is 9.10.